The predicted molar refractivity (Wildman–Crippen MR) is 88.1 cm³/mol. The van der Waals surface area contributed by atoms with Gasteiger partial charge in [0.2, 0.25) is 11.7 Å². The Labute approximate surface area is 137 Å². The molecule has 0 fully saturated rings. The van der Waals surface area contributed by atoms with Crippen LogP contribution in [0.5, 0.6) is 0 Å². The highest BCUT2D eigenvalue weighted by atomic mass is 32.1. The molecule has 4 nitrogen and oxygen atoms in total. The third kappa shape index (κ3) is 2.63. The van der Waals surface area contributed by atoms with Crippen molar-refractivity contribution < 1.29 is 8.91 Å². The molecule has 0 amide bonds. The van der Waals surface area contributed by atoms with Crippen LogP contribution >= 0.6 is 11.3 Å². The van der Waals surface area contributed by atoms with Gasteiger partial charge in [-0.05, 0) is 48.4 Å². The van der Waals surface area contributed by atoms with Crippen molar-refractivity contribution in [3.63, 3.8) is 0 Å². The van der Waals surface area contributed by atoms with E-state index in [1.54, 1.807) is 11.3 Å². The molecule has 118 valence electrons. The highest BCUT2D eigenvalue weighted by Gasteiger charge is 2.24. The fourth-order valence-corrected chi connectivity index (χ4v) is 3.72. The van der Waals surface area contributed by atoms with Crippen LogP contribution in [0.1, 0.15) is 23.4 Å². The fourth-order valence-electron chi connectivity index (χ4n) is 3.07. The molecule has 1 aliphatic heterocycles. The van der Waals surface area contributed by atoms with E-state index >= 15 is 0 Å². The quantitative estimate of drug-likeness (QED) is 0.722. The maximum atomic E-state index is 14.3. The topological polar surface area (TPSA) is 42.2 Å². The molecule has 0 saturated carbocycles. The van der Waals surface area contributed by atoms with Gasteiger partial charge in [-0.1, -0.05) is 17.3 Å². The van der Waals surface area contributed by atoms with Gasteiger partial charge in [0.1, 0.15) is 5.82 Å². The second-order valence-electron chi connectivity index (χ2n) is 5.71. The zero-order valence-corrected chi connectivity index (χ0v) is 13.6. The molecular formula is C17H16FN3OS. The average molecular weight is 329 g/mol. The standard InChI is InChI=1S/C17H16FN3OS/c1-11-6-7-13(18)16-12(11)4-2-8-21(16)10-15-19-17(20-22-15)14-5-3-9-23-14/h3,5-7,9H,2,4,8,10H2,1H3. The van der Waals surface area contributed by atoms with Crippen molar-refractivity contribution in [1.82, 2.24) is 10.1 Å². The minimum Gasteiger partial charge on any atom is -0.360 e. The average Bonchev–Trinajstić information content (AvgIpc) is 3.22. The van der Waals surface area contributed by atoms with Gasteiger partial charge in [-0.3, -0.25) is 0 Å². The summed E-state index contributed by atoms with van der Waals surface area (Å²) >= 11 is 1.57. The monoisotopic (exact) mass is 329 g/mol. The predicted octanol–water partition coefficient (Wildman–Crippen LogP) is 4.20. The van der Waals surface area contributed by atoms with Gasteiger partial charge in [0.25, 0.3) is 0 Å². The number of nitrogens with zero attached hydrogens (tertiary/aromatic N) is 3. The van der Waals surface area contributed by atoms with Crippen LogP contribution in [0.25, 0.3) is 10.7 Å². The van der Waals surface area contributed by atoms with Crippen LogP contribution in [0.3, 0.4) is 0 Å². The van der Waals surface area contributed by atoms with Gasteiger partial charge in [0.05, 0.1) is 17.1 Å². The summed E-state index contributed by atoms with van der Waals surface area (Å²) in [5, 5.41) is 6.00. The highest BCUT2D eigenvalue weighted by Crippen LogP contribution is 2.33. The minimum atomic E-state index is -0.178. The third-order valence-corrected chi connectivity index (χ3v) is 5.04. The number of halogens is 1. The molecular weight excluding hydrogens is 313 g/mol. The van der Waals surface area contributed by atoms with Crippen LogP contribution < -0.4 is 4.90 Å². The number of rotatable bonds is 3. The Morgan fingerprint density at radius 3 is 3.09 bits per heavy atom. The summed E-state index contributed by atoms with van der Waals surface area (Å²) in [5.74, 6) is 0.933. The highest BCUT2D eigenvalue weighted by molar-refractivity contribution is 7.13. The molecule has 0 unspecified atom stereocenters. The van der Waals surface area contributed by atoms with E-state index in [0.29, 0.717) is 23.9 Å². The number of aromatic nitrogens is 2. The zero-order valence-electron chi connectivity index (χ0n) is 12.8. The number of anilines is 1. The summed E-state index contributed by atoms with van der Waals surface area (Å²) in [6, 6.07) is 7.30. The molecule has 0 N–H and O–H groups in total. The Balaban J connectivity index is 1.63. The van der Waals surface area contributed by atoms with Crippen molar-refractivity contribution in [3.8, 4) is 10.7 Å². The molecule has 0 aliphatic carbocycles. The fraction of sp³-hybridized carbons (Fsp3) is 0.294. The van der Waals surface area contributed by atoms with Gasteiger partial charge in [0, 0.05) is 6.54 Å². The number of benzene rings is 1. The van der Waals surface area contributed by atoms with Gasteiger partial charge in [-0.15, -0.1) is 11.3 Å². The van der Waals surface area contributed by atoms with Crippen molar-refractivity contribution in [3.05, 3.63) is 52.5 Å². The van der Waals surface area contributed by atoms with Gasteiger partial charge >= 0.3 is 0 Å². The van der Waals surface area contributed by atoms with Crippen molar-refractivity contribution >= 4 is 17.0 Å². The van der Waals surface area contributed by atoms with Crippen LogP contribution in [0.2, 0.25) is 0 Å². The number of hydrogen-bond acceptors (Lipinski definition) is 5. The van der Waals surface area contributed by atoms with E-state index in [1.165, 1.54) is 6.07 Å². The summed E-state index contributed by atoms with van der Waals surface area (Å²) in [5.41, 5.74) is 2.91. The molecule has 2 aromatic heterocycles. The van der Waals surface area contributed by atoms with E-state index in [2.05, 4.69) is 10.1 Å². The van der Waals surface area contributed by atoms with Gasteiger partial charge in [-0.25, -0.2) is 4.39 Å². The molecule has 3 heterocycles. The first-order valence-corrected chi connectivity index (χ1v) is 8.50. The van der Waals surface area contributed by atoms with Crippen LogP contribution in [-0.4, -0.2) is 16.7 Å². The van der Waals surface area contributed by atoms with Crippen LogP contribution in [0, 0.1) is 12.7 Å². The second kappa shape index (κ2) is 5.77. The lowest BCUT2D eigenvalue weighted by Crippen LogP contribution is -2.30. The number of hydrogen-bond donors (Lipinski definition) is 0. The summed E-state index contributed by atoms with van der Waals surface area (Å²) in [6.45, 7) is 3.26. The Kier molecular flexibility index (Phi) is 3.61. The molecule has 1 aromatic carbocycles. The Morgan fingerprint density at radius 2 is 2.26 bits per heavy atom. The molecule has 23 heavy (non-hydrogen) atoms. The normalized spacial score (nSPS) is 14.1. The third-order valence-electron chi connectivity index (χ3n) is 4.17. The van der Waals surface area contributed by atoms with Crippen LogP contribution in [0.4, 0.5) is 10.1 Å². The first-order valence-electron chi connectivity index (χ1n) is 7.62. The Morgan fingerprint density at radius 1 is 1.35 bits per heavy atom. The van der Waals surface area contributed by atoms with Crippen molar-refractivity contribution in [2.75, 3.05) is 11.4 Å². The van der Waals surface area contributed by atoms with Gasteiger partial charge in [0.15, 0.2) is 0 Å². The molecule has 4 rings (SSSR count). The smallest absolute Gasteiger partial charge is 0.246 e. The molecule has 0 spiro atoms. The minimum absolute atomic E-state index is 0.178. The van der Waals surface area contributed by atoms with E-state index in [1.807, 2.05) is 35.4 Å². The van der Waals surface area contributed by atoms with Crippen LogP contribution in [0.15, 0.2) is 34.2 Å². The number of fused-ring (bicyclic) bond motifs is 1. The first kappa shape index (κ1) is 14.4. The molecule has 3 aromatic rings. The summed E-state index contributed by atoms with van der Waals surface area (Å²) in [7, 11) is 0. The van der Waals surface area contributed by atoms with Crippen molar-refractivity contribution in [1.29, 1.82) is 0 Å². The van der Waals surface area contributed by atoms with E-state index in [4.69, 9.17) is 4.52 Å². The molecule has 1 aliphatic rings. The number of aryl methyl sites for hydroxylation is 1. The first-order chi connectivity index (χ1) is 11.2. The maximum absolute atomic E-state index is 14.3. The zero-order chi connectivity index (χ0) is 15.8. The second-order valence-corrected chi connectivity index (χ2v) is 6.65. The maximum Gasteiger partial charge on any atom is 0.246 e. The molecule has 0 saturated heterocycles. The molecule has 6 heteroatoms. The summed E-state index contributed by atoms with van der Waals surface area (Å²) in [6.07, 6.45) is 1.92. The van der Waals surface area contributed by atoms with Crippen LogP contribution in [-0.2, 0) is 13.0 Å². The SMILES string of the molecule is Cc1ccc(F)c2c1CCCN2Cc1nc(-c2cccs2)no1. The van der Waals surface area contributed by atoms with Crippen molar-refractivity contribution in [2.24, 2.45) is 0 Å². The molecule has 0 atom stereocenters. The summed E-state index contributed by atoms with van der Waals surface area (Å²) < 4.78 is 19.7. The van der Waals surface area contributed by atoms with E-state index in [-0.39, 0.29) is 5.82 Å². The lowest BCUT2D eigenvalue weighted by molar-refractivity contribution is 0.375. The lowest BCUT2D eigenvalue weighted by atomic mass is 9.96. The van der Waals surface area contributed by atoms with E-state index < -0.39 is 0 Å². The Hall–Kier alpha value is -2.21. The van der Waals surface area contributed by atoms with E-state index in [0.717, 1.165) is 35.4 Å². The van der Waals surface area contributed by atoms with Gasteiger partial charge in [-0.2, -0.15) is 4.98 Å². The Bertz CT molecular complexity index is 828. The van der Waals surface area contributed by atoms with Crippen molar-refractivity contribution in [2.45, 2.75) is 26.3 Å². The largest absolute Gasteiger partial charge is 0.360 e. The summed E-state index contributed by atoms with van der Waals surface area (Å²) in [4.78, 5) is 7.42. The molecule has 0 bridgehead atoms. The number of thiophene rings is 1. The molecule has 0 radical (unpaired) electrons. The van der Waals surface area contributed by atoms with E-state index in [9.17, 15) is 4.39 Å². The lowest BCUT2D eigenvalue weighted by Gasteiger charge is -2.31. The van der Waals surface area contributed by atoms with Gasteiger partial charge < -0.3 is 9.42 Å².